The van der Waals surface area contributed by atoms with Gasteiger partial charge in [0.05, 0.1) is 12.0 Å². The first-order valence-electron chi connectivity index (χ1n) is 7.10. The van der Waals surface area contributed by atoms with Crippen LogP contribution >= 0.6 is 0 Å². The zero-order valence-electron chi connectivity index (χ0n) is 12.5. The van der Waals surface area contributed by atoms with Gasteiger partial charge in [0.15, 0.2) is 9.84 Å². The third-order valence-electron chi connectivity index (χ3n) is 3.85. The van der Waals surface area contributed by atoms with E-state index in [1.54, 1.807) is 36.5 Å². The van der Waals surface area contributed by atoms with Crippen LogP contribution in [0.3, 0.4) is 0 Å². The summed E-state index contributed by atoms with van der Waals surface area (Å²) in [5.74, 6) is 0.358. The number of ether oxygens (including phenoxy) is 1. The second-order valence-electron chi connectivity index (χ2n) is 5.27. The summed E-state index contributed by atoms with van der Waals surface area (Å²) in [7, 11) is -1.92. The number of carbonyl (C=O) groups is 1. The fourth-order valence-electron chi connectivity index (χ4n) is 2.41. The summed E-state index contributed by atoms with van der Waals surface area (Å²) in [6.45, 7) is 0.369. The molecule has 0 radical (unpaired) electrons. The van der Waals surface area contributed by atoms with Gasteiger partial charge >= 0.3 is 0 Å². The first kappa shape index (κ1) is 15.5. The van der Waals surface area contributed by atoms with Gasteiger partial charge in [-0.2, -0.15) is 0 Å². The molecule has 120 valence electrons. The highest BCUT2D eigenvalue weighted by atomic mass is 32.2. The molecule has 1 amide bonds. The lowest BCUT2D eigenvalue weighted by molar-refractivity contribution is 0.0652. The Kier molecular flexibility index (Phi) is 4.04. The standard InChI is InChI=1S/C16H16N2O4S/c1-22-12-5-7-13(8-6-12)23(20,21)14-10-18(11-14)16(19)15-4-2-3-9-17-15/h2-9,14H,10-11H2,1H3. The Bertz CT molecular complexity index is 798. The van der Waals surface area contributed by atoms with Crippen LogP contribution in [0, 0.1) is 0 Å². The van der Waals surface area contributed by atoms with E-state index in [4.69, 9.17) is 4.74 Å². The van der Waals surface area contributed by atoms with Crippen molar-refractivity contribution in [1.82, 2.24) is 9.88 Å². The van der Waals surface area contributed by atoms with Crippen molar-refractivity contribution in [2.24, 2.45) is 0 Å². The smallest absolute Gasteiger partial charge is 0.272 e. The molecule has 1 aromatic heterocycles. The van der Waals surface area contributed by atoms with Gasteiger partial charge in [-0.1, -0.05) is 6.07 Å². The number of methoxy groups -OCH3 is 1. The lowest BCUT2D eigenvalue weighted by Gasteiger charge is -2.38. The van der Waals surface area contributed by atoms with Crippen LogP contribution in [0.1, 0.15) is 10.5 Å². The molecule has 0 aliphatic carbocycles. The molecule has 1 saturated heterocycles. The second kappa shape index (κ2) is 6.00. The van der Waals surface area contributed by atoms with Crippen LogP contribution in [-0.4, -0.2) is 49.7 Å². The van der Waals surface area contributed by atoms with E-state index in [1.165, 1.54) is 24.1 Å². The van der Waals surface area contributed by atoms with Crippen LogP contribution in [0.5, 0.6) is 5.75 Å². The number of likely N-dealkylation sites (tertiary alicyclic amines) is 1. The number of aromatic nitrogens is 1. The molecule has 23 heavy (non-hydrogen) atoms. The highest BCUT2D eigenvalue weighted by molar-refractivity contribution is 7.92. The Labute approximate surface area is 134 Å². The molecule has 0 bridgehead atoms. The maximum atomic E-state index is 12.5. The summed E-state index contributed by atoms with van der Waals surface area (Å²) in [6, 6.07) is 11.3. The molecule has 0 saturated carbocycles. The normalized spacial score (nSPS) is 15.1. The van der Waals surface area contributed by atoms with Gasteiger partial charge in [0.1, 0.15) is 16.7 Å². The number of benzene rings is 1. The average molecular weight is 332 g/mol. The van der Waals surface area contributed by atoms with Gasteiger partial charge in [0.25, 0.3) is 5.91 Å². The maximum Gasteiger partial charge on any atom is 0.272 e. The van der Waals surface area contributed by atoms with E-state index in [2.05, 4.69) is 4.98 Å². The summed E-state index contributed by atoms with van der Waals surface area (Å²) < 4.78 is 30.1. The van der Waals surface area contributed by atoms with Gasteiger partial charge in [0, 0.05) is 19.3 Å². The molecule has 1 aromatic carbocycles. The van der Waals surface area contributed by atoms with E-state index in [0.717, 1.165) is 0 Å². The molecule has 1 aliphatic heterocycles. The summed E-state index contributed by atoms with van der Waals surface area (Å²) >= 11 is 0. The predicted molar refractivity (Wildman–Crippen MR) is 84.1 cm³/mol. The zero-order valence-corrected chi connectivity index (χ0v) is 13.4. The molecular weight excluding hydrogens is 316 g/mol. The Hall–Kier alpha value is -2.41. The van der Waals surface area contributed by atoms with Crippen LogP contribution in [0.4, 0.5) is 0 Å². The van der Waals surface area contributed by atoms with Crippen LogP contribution in [0.2, 0.25) is 0 Å². The Morgan fingerprint density at radius 1 is 1.17 bits per heavy atom. The van der Waals surface area contributed by atoms with Crippen molar-refractivity contribution in [2.75, 3.05) is 20.2 Å². The van der Waals surface area contributed by atoms with Gasteiger partial charge in [0.2, 0.25) is 0 Å². The second-order valence-corrected chi connectivity index (χ2v) is 7.50. The monoisotopic (exact) mass is 332 g/mol. The fourth-order valence-corrected chi connectivity index (χ4v) is 4.06. The van der Waals surface area contributed by atoms with Crippen molar-refractivity contribution in [3.8, 4) is 5.75 Å². The number of carbonyl (C=O) groups excluding carboxylic acids is 1. The highest BCUT2D eigenvalue weighted by Gasteiger charge is 2.41. The van der Waals surface area contributed by atoms with E-state index in [-0.39, 0.29) is 23.9 Å². The third kappa shape index (κ3) is 2.92. The SMILES string of the molecule is COc1ccc(S(=O)(=O)C2CN(C(=O)c3ccccn3)C2)cc1. The molecule has 0 unspecified atom stereocenters. The number of nitrogens with zero attached hydrogens (tertiary/aromatic N) is 2. The van der Waals surface area contributed by atoms with Crippen molar-refractivity contribution in [2.45, 2.75) is 10.1 Å². The quantitative estimate of drug-likeness (QED) is 0.845. The number of hydrogen-bond acceptors (Lipinski definition) is 5. The molecular formula is C16H16N2O4S. The molecule has 1 fully saturated rings. The molecule has 0 N–H and O–H groups in total. The zero-order chi connectivity index (χ0) is 16.4. The summed E-state index contributed by atoms with van der Waals surface area (Å²) in [5.41, 5.74) is 0.327. The van der Waals surface area contributed by atoms with E-state index in [9.17, 15) is 13.2 Å². The largest absolute Gasteiger partial charge is 0.497 e. The van der Waals surface area contributed by atoms with Crippen molar-refractivity contribution in [3.63, 3.8) is 0 Å². The van der Waals surface area contributed by atoms with Crippen molar-refractivity contribution in [3.05, 3.63) is 54.4 Å². The van der Waals surface area contributed by atoms with Crippen molar-refractivity contribution >= 4 is 15.7 Å². The van der Waals surface area contributed by atoms with Gasteiger partial charge < -0.3 is 9.64 Å². The molecule has 1 aliphatic rings. The number of sulfone groups is 1. The number of rotatable bonds is 4. The summed E-state index contributed by atoms with van der Waals surface area (Å²) in [5, 5.41) is -0.580. The van der Waals surface area contributed by atoms with E-state index in [0.29, 0.717) is 11.4 Å². The molecule has 7 heteroatoms. The minimum Gasteiger partial charge on any atom is -0.497 e. The van der Waals surface area contributed by atoms with Gasteiger partial charge in [-0.05, 0) is 36.4 Å². The molecule has 6 nitrogen and oxygen atoms in total. The van der Waals surface area contributed by atoms with Crippen LogP contribution in [0.15, 0.2) is 53.6 Å². The van der Waals surface area contributed by atoms with E-state index < -0.39 is 15.1 Å². The lowest BCUT2D eigenvalue weighted by atomic mass is 10.2. The van der Waals surface area contributed by atoms with Crippen LogP contribution in [0.25, 0.3) is 0 Å². The molecule has 0 spiro atoms. The Morgan fingerprint density at radius 2 is 1.87 bits per heavy atom. The first-order valence-corrected chi connectivity index (χ1v) is 8.65. The maximum absolute atomic E-state index is 12.5. The Balaban J connectivity index is 1.69. The average Bonchev–Trinajstić information content (AvgIpc) is 2.54. The van der Waals surface area contributed by atoms with Crippen LogP contribution < -0.4 is 4.74 Å². The molecule has 2 aromatic rings. The number of amides is 1. The van der Waals surface area contributed by atoms with Crippen molar-refractivity contribution < 1.29 is 17.9 Å². The van der Waals surface area contributed by atoms with E-state index >= 15 is 0 Å². The molecule has 2 heterocycles. The fraction of sp³-hybridized carbons (Fsp3) is 0.250. The number of pyridine rings is 1. The first-order chi connectivity index (χ1) is 11.0. The minimum absolute atomic E-state index is 0.184. The van der Waals surface area contributed by atoms with Gasteiger partial charge in [-0.3, -0.25) is 9.78 Å². The predicted octanol–water partition coefficient (Wildman–Crippen LogP) is 1.39. The topological polar surface area (TPSA) is 76.6 Å². The highest BCUT2D eigenvalue weighted by Crippen LogP contribution is 2.26. The van der Waals surface area contributed by atoms with E-state index in [1.807, 2.05) is 0 Å². The van der Waals surface area contributed by atoms with Crippen molar-refractivity contribution in [1.29, 1.82) is 0 Å². The van der Waals surface area contributed by atoms with Crippen LogP contribution in [-0.2, 0) is 9.84 Å². The van der Waals surface area contributed by atoms with Gasteiger partial charge in [-0.15, -0.1) is 0 Å². The lowest BCUT2D eigenvalue weighted by Crippen LogP contribution is -2.56. The Morgan fingerprint density at radius 3 is 2.43 bits per heavy atom. The molecule has 0 atom stereocenters. The molecule has 3 rings (SSSR count). The summed E-state index contributed by atoms with van der Waals surface area (Å²) in [4.78, 5) is 17.9. The summed E-state index contributed by atoms with van der Waals surface area (Å²) in [6.07, 6.45) is 1.54. The third-order valence-corrected chi connectivity index (χ3v) is 5.95. The minimum atomic E-state index is -3.45. The number of hydrogen-bond donors (Lipinski definition) is 0. The van der Waals surface area contributed by atoms with Gasteiger partial charge in [-0.25, -0.2) is 8.42 Å².